The Balaban J connectivity index is 2.13. The number of nitrogens with zero attached hydrogens (tertiary/aromatic N) is 1. The van der Waals surface area contributed by atoms with Gasteiger partial charge in [-0.3, -0.25) is 0 Å². The number of fused-ring (bicyclic) bond motifs is 1. The van der Waals surface area contributed by atoms with Crippen LogP contribution < -0.4 is 0 Å². The van der Waals surface area contributed by atoms with Crippen LogP contribution in [0.15, 0.2) is 30.3 Å². The van der Waals surface area contributed by atoms with E-state index in [-0.39, 0.29) is 5.41 Å². The Labute approximate surface area is 163 Å². The van der Waals surface area contributed by atoms with Crippen molar-refractivity contribution in [2.24, 2.45) is 11.3 Å². The van der Waals surface area contributed by atoms with E-state index in [1.807, 2.05) is 12.1 Å². The number of rotatable bonds is 4. The van der Waals surface area contributed by atoms with Gasteiger partial charge in [-0.1, -0.05) is 54.0 Å². The zero-order valence-corrected chi connectivity index (χ0v) is 17.6. The zero-order valence-electron chi connectivity index (χ0n) is 17.6. The Morgan fingerprint density at radius 3 is 2.48 bits per heavy atom. The highest BCUT2D eigenvalue weighted by molar-refractivity contribution is 5.88. The van der Waals surface area contributed by atoms with E-state index < -0.39 is 5.97 Å². The Bertz CT molecular complexity index is 852. The Morgan fingerprint density at radius 1 is 1.19 bits per heavy atom. The van der Waals surface area contributed by atoms with Crippen LogP contribution >= 0.6 is 0 Å². The summed E-state index contributed by atoms with van der Waals surface area (Å²) in [5.74, 6) is -0.177. The molecule has 1 heterocycles. The summed E-state index contributed by atoms with van der Waals surface area (Å²) in [5.41, 5.74) is 5.73. The summed E-state index contributed by atoms with van der Waals surface area (Å²) in [6.45, 7) is 13.8. The third-order valence-corrected chi connectivity index (χ3v) is 6.52. The summed E-state index contributed by atoms with van der Waals surface area (Å²) < 4.78 is 2.33. The summed E-state index contributed by atoms with van der Waals surface area (Å²) in [4.78, 5) is 11.5. The van der Waals surface area contributed by atoms with Crippen molar-refractivity contribution in [2.75, 3.05) is 0 Å². The minimum absolute atomic E-state index is 0.00760. The molecule has 27 heavy (non-hydrogen) atoms. The zero-order chi connectivity index (χ0) is 20.0. The SMILES string of the molecule is CCC(C)(C)C1CCc2c(cc(C(C)(C)C)n2-c2cccc(C(=O)O)c2)C1. The molecule has 146 valence electrons. The van der Waals surface area contributed by atoms with Gasteiger partial charge in [0.1, 0.15) is 0 Å². The standard InChI is InChI=1S/C24H33NO2/c1-7-24(5,6)18-11-12-20-17(13-18)15-21(23(2,3)4)25(20)19-10-8-9-16(14-19)22(26)27/h8-10,14-15,18H,7,11-13H2,1-6H3,(H,26,27). The molecule has 1 unspecified atom stereocenters. The molecular weight excluding hydrogens is 334 g/mol. The first-order valence-electron chi connectivity index (χ1n) is 10.1. The molecule has 2 aromatic rings. The fourth-order valence-corrected chi connectivity index (χ4v) is 4.31. The lowest BCUT2D eigenvalue weighted by molar-refractivity contribution is 0.0697. The van der Waals surface area contributed by atoms with E-state index in [0.717, 1.165) is 18.5 Å². The van der Waals surface area contributed by atoms with Gasteiger partial charge in [-0.25, -0.2) is 4.79 Å². The molecule has 0 bridgehead atoms. The van der Waals surface area contributed by atoms with Crippen molar-refractivity contribution < 1.29 is 9.90 Å². The van der Waals surface area contributed by atoms with Gasteiger partial charge < -0.3 is 9.67 Å². The van der Waals surface area contributed by atoms with Crippen molar-refractivity contribution in [1.29, 1.82) is 0 Å². The molecule has 0 amide bonds. The maximum atomic E-state index is 11.5. The van der Waals surface area contributed by atoms with Crippen molar-refractivity contribution in [3.05, 3.63) is 52.8 Å². The molecule has 1 aromatic heterocycles. The highest BCUT2D eigenvalue weighted by Gasteiger charge is 2.34. The molecule has 1 aromatic carbocycles. The number of benzene rings is 1. The van der Waals surface area contributed by atoms with Crippen LogP contribution in [-0.4, -0.2) is 15.6 Å². The van der Waals surface area contributed by atoms with Crippen LogP contribution in [0.5, 0.6) is 0 Å². The second kappa shape index (κ2) is 6.85. The van der Waals surface area contributed by atoms with Gasteiger partial charge in [0.25, 0.3) is 0 Å². The van der Waals surface area contributed by atoms with E-state index in [2.05, 4.69) is 52.2 Å². The minimum atomic E-state index is -0.875. The topological polar surface area (TPSA) is 42.2 Å². The molecule has 1 N–H and O–H groups in total. The molecule has 0 saturated carbocycles. The van der Waals surface area contributed by atoms with Crippen LogP contribution in [0.4, 0.5) is 0 Å². The molecule has 0 radical (unpaired) electrons. The number of carbonyl (C=O) groups is 1. The van der Waals surface area contributed by atoms with Crippen LogP contribution in [0.25, 0.3) is 5.69 Å². The summed E-state index contributed by atoms with van der Waals surface area (Å²) in [6.07, 6.45) is 4.56. The molecule has 1 atom stereocenters. The average molecular weight is 368 g/mol. The summed E-state index contributed by atoms with van der Waals surface area (Å²) in [7, 11) is 0. The molecule has 1 aliphatic carbocycles. The van der Waals surface area contributed by atoms with E-state index in [1.54, 1.807) is 12.1 Å². The first-order valence-corrected chi connectivity index (χ1v) is 10.1. The van der Waals surface area contributed by atoms with Crippen LogP contribution in [0.1, 0.15) is 81.7 Å². The molecule has 0 spiro atoms. The lowest BCUT2D eigenvalue weighted by Gasteiger charge is -2.36. The van der Waals surface area contributed by atoms with E-state index in [0.29, 0.717) is 16.9 Å². The first kappa shape index (κ1) is 19.7. The number of aromatic nitrogens is 1. The lowest BCUT2D eigenvalue weighted by Crippen LogP contribution is -2.29. The molecule has 0 aliphatic heterocycles. The molecule has 3 heteroatoms. The van der Waals surface area contributed by atoms with Crippen molar-refractivity contribution in [3.8, 4) is 5.69 Å². The van der Waals surface area contributed by atoms with Gasteiger partial charge in [-0.2, -0.15) is 0 Å². The van der Waals surface area contributed by atoms with E-state index in [9.17, 15) is 9.90 Å². The normalized spacial score (nSPS) is 17.6. The third-order valence-electron chi connectivity index (χ3n) is 6.52. The van der Waals surface area contributed by atoms with Crippen LogP contribution in [0.2, 0.25) is 0 Å². The van der Waals surface area contributed by atoms with Gasteiger partial charge in [0.2, 0.25) is 0 Å². The number of carboxylic acid groups (broad SMARTS) is 1. The van der Waals surface area contributed by atoms with E-state index in [1.165, 1.54) is 29.8 Å². The second-order valence-corrected chi connectivity index (χ2v) is 9.72. The molecule has 0 saturated heterocycles. The Hall–Kier alpha value is -2.03. The van der Waals surface area contributed by atoms with Crippen molar-refractivity contribution in [1.82, 2.24) is 4.57 Å². The van der Waals surface area contributed by atoms with Gasteiger partial charge >= 0.3 is 5.97 Å². The largest absolute Gasteiger partial charge is 0.478 e. The van der Waals surface area contributed by atoms with Crippen molar-refractivity contribution in [2.45, 2.75) is 72.6 Å². The quantitative estimate of drug-likeness (QED) is 0.718. The summed E-state index contributed by atoms with van der Waals surface area (Å²) in [5, 5.41) is 9.42. The lowest BCUT2D eigenvalue weighted by atomic mass is 9.69. The first-order chi connectivity index (χ1) is 12.5. The van der Waals surface area contributed by atoms with Crippen LogP contribution in [0.3, 0.4) is 0 Å². The third kappa shape index (κ3) is 3.69. The van der Waals surface area contributed by atoms with Crippen molar-refractivity contribution >= 4 is 5.97 Å². The molecule has 3 nitrogen and oxygen atoms in total. The summed E-state index contributed by atoms with van der Waals surface area (Å²) in [6, 6.07) is 9.73. The van der Waals surface area contributed by atoms with E-state index in [4.69, 9.17) is 0 Å². The highest BCUT2D eigenvalue weighted by atomic mass is 16.4. The predicted octanol–water partition coefficient (Wildman–Crippen LogP) is 6.01. The average Bonchev–Trinajstić information content (AvgIpc) is 3.01. The summed E-state index contributed by atoms with van der Waals surface area (Å²) >= 11 is 0. The number of aromatic carboxylic acids is 1. The number of hydrogen-bond donors (Lipinski definition) is 1. The van der Waals surface area contributed by atoms with Gasteiger partial charge in [0.05, 0.1) is 5.56 Å². The fourth-order valence-electron chi connectivity index (χ4n) is 4.31. The highest BCUT2D eigenvalue weighted by Crippen LogP contribution is 2.42. The molecular formula is C24H33NO2. The maximum absolute atomic E-state index is 11.5. The van der Waals surface area contributed by atoms with E-state index >= 15 is 0 Å². The monoisotopic (exact) mass is 367 g/mol. The molecule has 1 aliphatic rings. The van der Waals surface area contributed by atoms with Gasteiger partial charge in [-0.15, -0.1) is 0 Å². The molecule has 0 fully saturated rings. The van der Waals surface area contributed by atoms with Crippen molar-refractivity contribution in [3.63, 3.8) is 0 Å². The Kier molecular flexibility index (Phi) is 5.00. The van der Waals surface area contributed by atoms with Crippen LogP contribution in [0, 0.1) is 11.3 Å². The van der Waals surface area contributed by atoms with Crippen LogP contribution in [-0.2, 0) is 18.3 Å². The number of hydrogen-bond acceptors (Lipinski definition) is 1. The van der Waals surface area contributed by atoms with Gasteiger partial charge in [0, 0.05) is 22.5 Å². The van der Waals surface area contributed by atoms with Gasteiger partial charge in [0.15, 0.2) is 0 Å². The Morgan fingerprint density at radius 2 is 1.89 bits per heavy atom. The smallest absolute Gasteiger partial charge is 0.335 e. The van der Waals surface area contributed by atoms with Gasteiger partial charge in [-0.05, 0) is 60.4 Å². The maximum Gasteiger partial charge on any atom is 0.335 e. The second-order valence-electron chi connectivity index (χ2n) is 9.72. The molecule has 3 rings (SSSR count). The predicted molar refractivity (Wildman–Crippen MR) is 111 cm³/mol. The fraction of sp³-hybridized carbons (Fsp3) is 0.542. The number of carboxylic acids is 1. The minimum Gasteiger partial charge on any atom is -0.478 e.